The number of nitrogens with zero attached hydrogens (tertiary/aromatic N) is 1. The van der Waals surface area contributed by atoms with Gasteiger partial charge in [-0.2, -0.15) is 0 Å². The van der Waals surface area contributed by atoms with Crippen molar-refractivity contribution in [3.63, 3.8) is 0 Å². The standard InChI is InChI=1S/C22H27FN4O2/c1-25(2)22(29)21(17-6-4-3-5-7-17)27-14-12-26(13-15-27)16-20(28)24-19-10-8-18(23)9-11-19/h3-11,21H,12-16H2,1-2H3,(H,24,28)/p+2/t21-/m0/s1. The van der Waals surface area contributed by atoms with Crippen molar-refractivity contribution in [2.24, 2.45) is 0 Å². The highest BCUT2D eigenvalue weighted by molar-refractivity contribution is 5.91. The van der Waals surface area contributed by atoms with E-state index in [1.165, 1.54) is 21.9 Å². The van der Waals surface area contributed by atoms with Gasteiger partial charge < -0.3 is 20.0 Å². The van der Waals surface area contributed by atoms with E-state index in [9.17, 15) is 14.0 Å². The van der Waals surface area contributed by atoms with Crippen LogP contribution >= 0.6 is 0 Å². The molecule has 1 aliphatic heterocycles. The lowest BCUT2D eigenvalue weighted by molar-refractivity contribution is -1.02. The minimum Gasteiger partial charge on any atom is -0.343 e. The summed E-state index contributed by atoms with van der Waals surface area (Å²) < 4.78 is 13.0. The van der Waals surface area contributed by atoms with Crippen molar-refractivity contribution in [1.29, 1.82) is 0 Å². The van der Waals surface area contributed by atoms with Gasteiger partial charge in [0.1, 0.15) is 32.0 Å². The van der Waals surface area contributed by atoms with Crippen LogP contribution in [0.4, 0.5) is 10.1 Å². The van der Waals surface area contributed by atoms with Gasteiger partial charge in [0.15, 0.2) is 12.6 Å². The lowest BCUT2D eigenvalue weighted by atomic mass is 10.0. The average Bonchev–Trinajstić information content (AvgIpc) is 2.72. The summed E-state index contributed by atoms with van der Waals surface area (Å²) in [5.41, 5.74) is 1.62. The molecular formula is C22H29FN4O2+2. The molecule has 3 rings (SSSR count). The largest absolute Gasteiger partial charge is 0.343 e. The molecule has 154 valence electrons. The van der Waals surface area contributed by atoms with Crippen LogP contribution in [0.25, 0.3) is 0 Å². The highest BCUT2D eigenvalue weighted by Crippen LogP contribution is 2.11. The van der Waals surface area contributed by atoms with Crippen molar-refractivity contribution in [2.45, 2.75) is 6.04 Å². The Kier molecular flexibility index (Phi) is 6.95. The summed E-state index contributed by atoms with van der Waals surface area (Å²) in [7, 11) is 3.58. The van der Waals surface area contributed by atoms with E-state index in [4.69, 9.17) is 0 Å². The summed E-state index contributed by atoms with van der Waals surface area (Å²) in [6.45, 7) is 3.63. The highest BCUT2D eigenvalue weighted by atomic mass is 19.1. The Morgan fingerprint density at radius 3 is 2.21 bits per heavy atom. The second kappa shape index (κ2) is 9.62. The molecule has 3 N–H and O–H groups in total. The molecule has 1 fully saturated rings. The molecule has 0 bridgehead atoms. The fourth-order valence-electron chi connectivity index (χ4n) is 3.81. The molecule has 0 radical (unpaired) electrons. The van der Waals surface area contributed by atoms with Crippen LogP contribution in [0.2, 0.25) is 0 Å². The van der Waals surface area contributed by atoms with Crippen molar-refractivity contribution in [3.05, 3.63) is 66.0 Å². The van der Waals surface area contributed by atoms with Crippen LogP contribution in [0.15, 0.2) is 54.6 Å². The second-order valence-corrected chi connectivity index (χ2v) is 7.72. The molecule has 2 amide bonds. The number of nitrogens with one attached hydrogen (secondary N) is 3. The van der Waals surface area contributed by atoms with Crippen LogP contribution in [0.5, 0.6) is 0 Å². The first-order chi connectivity index (χ1) is 13.9. The third kappa shape index (κ3) is 5.62. The number of carbonyl (C=O) groups excluding carboxylic acids is 2. The highest BCUT2D eigenvalue weighted by Gasteiger charge is 2.36. The molecule has 1 saturated heterocycles. The average molecular weight is 400 g/mol. The molecule has 1 heterocycles. The lowest BCUT2D eigenvalue weighted by Crippen LogP contribution is -3.28. The zero-order valence-corrected chi connectivity index (χ0v) is 17.0. The van der Waals surface area contributed by atoms with Crippen LogP contribution < -0.4 is 15.1 Å². The summed E-state index contributed by atoms with van der Waals surface area (Å²) in [4.78, 5) is 29.2. The molecule has 0 saturated carbocycles. The van der Waals surface area contributed by atoms with Crippen molar-refractivity contribution in [1.82, 2.24) is 4.90 Å². The van der Waals surface area contributed by atoms with Gasteiger partial charge in [0.05, 0.1) is 0 Å². The molecule has 29 heavy (non-hydrogen) atoms. The molecule has 2 aromatic rings. The number of benzene rings is 2. The van der Waals surface area contributed by atoms with Crippen molar-refractivity contribution in [3.8, 4) is 0 Å². The van der Waals surface area contributed by atoms with Gasteiger partial charge in [0.2, 0.25) is 0 Å². The Bertz CT molecular complexity index is 818. The first-order valence-corrected chi connectivity index (χ1v) is 9.93. The van der Waals surface area contributed by atoms with Crippen LogP contribution in [-0.4, -0.2) is 63.5 Å². The van der Waals surface area contributed by atoms with E-state index in [-0.39, 0.29) is 23.7 Å². The quantitative estimate of drug-likeness (QED) is 0.605. The zero-order valence-electron chi connectivity index (χ0n) is 17.0. The molecular weight excluding hydrogens is 371 g/mol. The van der Waals surface area contributed by atoms with Crippen molar-refractivity contribution in [2.75, 3.05) is 52.1 Å². The fourth-order valence-corrected chi connectivity index (χ4v) is 3.81. The SMILES string of the molecule is CN(C)C(=O)[C@H](c1ccccc1)[NH+]1CC[NH+](CC(=O)Nc2ccc(F)cc2)CC1. The molecule has 2 aromatic carbocycles. The molecule has 0 aliphatic carbocycles. The van der Waals surface area contributed by atoms with E-state index in [1.807, 2.05) is 30.3 Å². The number of likely N-dealkylation sites (N-methyl/N-ethyl adjacent to an activating group) is 1. The minimum atomic E-state index is -0.326. The van der Waals surface area contributed by atoms with Gasteiger partial charge in [-0.3, -0.25) is 9.59 Å². The minimum absolute atomic E-state index is 0.0842. The number of hydrogen-bond acceptors (Lipinski definition) is 2. The van der Waals surface area contributed by atoms with Gasteiger partial charge in [-0.1, -0.05) is 30.3 Å². The van der Waals surface area contributed by atoms with E-state index < -0.39 is 0 Å². The number of amides is 2. The molecule has 0 unspecified atom stereocenters. The van der Waals surface area contributed by atoms with Gasteiger partial charge in [0.25, 0.3) is 11.8 Å². The monoisotopic (exact) mass is 400 g/mol. The van der Waals surface area contributed by atoms with Gasteiger partial charge in [-0.15, -0.1) is 0 Å². The van der Waals surface area contributed by atoms with E-state index in [0.29, 0.717) is 12.2 Å². The molecule has 1 aliphatic rings. The number of quaternary nitrogens is 2. The smallest absolute Gasteiger partial charge is 0.285 e. The number of halogens is 1. The third-order valence-corrected chi connectivity index (χ3v) is 5.37. The maximum Gasteiger partial charge on any atom is 0.285 e. The summed E-state index contributed by atoms with van der Waals surface area (Å²) in [6, 6.07) is 15.5. The van der Waals surface area contributed by atoms with E-state index >= 15 is 0 Å². The molecule has 6 nitrogen and oxygen atoms in total. The van der Waals surface area contributed by atoms with E-state index in [2.05, 4.69) is 5.32 Å². The van der Waals surface area contributed by atoms with Crippen LogP contribution in [-0.2, 0) is 9.59 Å². The Hall–Kier alpha value is -2.77. The molecule has 7 heteroatoms. The maximum absolute atomic E-state index is 13.0. The predicted molar refractivity (Wildman–Crippen MR) is 109 cm³/mol. The van der Waals surface area contributed by atoms with Crippen LogP contribution in [0.3, 0.4) is 0 Å². The van der Waals surface area contributed by atoms with Gasteiger partial charge >= 0.3 is 0 Å². The lowest BCUT2D eigenvalue weighted by Gasteiger charge is -2.34. The Morgan fingerprint density at radius 2 is 1.62 bits per heavy atom. The van der Waals surface area contributed by atoms with Crippen LogP contribution in [0.1, 0.15) is 11.6 Å². The van der Waals surface area contributed by atoms with Gasteiger partial charge in [-0.25, -0.2) is 4.39 Å². The number of anilines is 1. The van der Waals surface area contributed by atoms with Gasteiger partial charge in [0, 0.05) is 25.3 Å². The zero-order chi connectivity index (χ0) is 20.8. The van der Waals surface area contributed by atoms with Crippen molar-refractivity contribution < 1.29 is 23.8 Å². The second-order valence-electron chi connectivity index (χ2n) is 7.72. The fraction of sp³-hybridized carbons (Fsp3) is 0.364. The number of rotatable bonds is 6. The molecule has 0 aromatic heterocycles. The topological polar surface area (TPSA) is 58.3 Å². The van der Waals surface area contributed by atoms with Gasteiger partial charge in [-0.05, 0) is 24.3 Å². The Labute approximate surface area is 170 Å². The van der Waals surface area contributed by atoms with Crippen LogP contribution in [0, 0.1) is 5.82 Å². The summed E-state index contributed by atoms with van der Waals surface area (Å²) in [5.74, 6) is -0.310. The number of piperazine rings is 1. The summed E-state index contributed by atoms with van der Waals surface area (Å²) >= 11 is 0. The third-order valence-electron chi connectivity index (χ3n) is 5.37. The first kappa shape index (κ1) is 21.0. The Balaban J connectivity index is 1.57. The summed E-state index contributed by atoms with van der Waals surface area (Å²) in [5, 5.41) is 2.82. The predicted octanol–water partition coefficient (Wildman–Crippen LogP) is -0.623. The number of carbonyl (C=O) groups is 2. The molecule has 0 spiro atoms. The molecule has 1 atom stereocenters. The first-order valence-electron chi connectivity index (χ1n) is 9.93. The van der Waals surface area contributed by atoms with E-state index in [1.54, 1.807) is 31.1 Å². The Morgan fingerprint density at radius 1 is 1.00 bits per heavy atom. The van der Waals surface area contributed by atoms with Crippen molar-refractivity contribution >= 4 is 17.5 Å². The normalized spacial score (nSPS) is 20.0. The summed E-state index contributed by atoms with van der Waals surface area (Å²) in [6.07, 6.45) is 0. The number of hydrogen-bond donors (Lipinski definition) is 3. The van der Waals surface area contributed by atoms with E-state index in [0.717, 1.165) is 31.7 Å². The maximum atomic E-state index is 13.0.